The Morgan fingerprint density at radius 2 is 1.88 bits per heavy atom. The van der Waals surface area contributed by atoms with E-state index in [0.717, 1.165) is 12.1 Å². The van der Waals surface area contributed by atoms with Gasteiger partial charge in [-0.15, -0.1) is 0 Å². The predicted octanol–water partition coefficient (Wildman–Crippen LogP) is 3.88. The summed E-state index contributed by atoms with van der Waals surface area (Å²) >= 11 is 0. The minimum Gasteiger partial charge on any atom is -0.352 e. The molecule has 0 saturated carbocycles. The third-order valence-corrected chi connectivity index (χ3v) is 2.95. The number of nitrogens with one attached hydrogen (secondary N) is 2. The van der Waals surface area contributed by atoms with Crippen molar-refractivity contribution in [2.45, 2.75) is 33.0 Å². The molecular formula is C16H17F3N4O. The number of halogens is 3. The average Bonchev–Trinajstić information content (AvgIpc) is 2.45. The van der Waals surface area contributed by atoms with Gasteiger partial charge in [0.05, 0.1) is 5.56 Å². The van der Waals surface area contributed by atoms with Crippen LogP contribution in [0.15, 0.2) is 30.3 Å². The summed E-state index contributed by atoms with van der Waals surface area (Å²) in [6.45, 7) is 5.50. The number of anilines is 2. The Labute approximate surface area is 137 Å². The third kappa shape index (κ3) is 4.68. The molecule has 0 aliphatic carbocycles. The van der Waals surface area contributed by atoms with Crippen LogP contribution < -0.4 is 10.6 Å². The summed E-state index contributed by atoms with van der Waals surface area (Å²) in [6.07, 6.45) is -4.47. The first-order valence-electron chi connectivity index (χ1n) is 7.26. The van der Waals surface area contributed by atoms with Crippen molar-refractivity contribution >= 4 is 17.5 Å². The molecule has 2 aromatic rings. The molecule has 1 amide bonds. The van der Waals surface area contributed by atoms with E-state index < -0.39 is 17.6 Å². The van der Waals surface area contributed by atoms with Gasteiger partial charge in [-0.2, -0.15) is 13.2 Å². The number of amides is 1. The molecule has 0 saturated heterocycles. The van der Waals surface area contributed by atoms with E-state index in [9.17, 15) is 18.0 Å². The molecule has 1 heterocycles. The molecule has 128 valence electrons. The fraction of sp³-hybridized carbons (Fsp3) is 0.312. The molecule has 0 fully saturated rings. The molecule has 0 radical (unpaired) electrons. The molecule has 0 atom stereocenters. The van der Waals surface area contributed by atoms with Crippen LogP contribution in [0.2, 0.25) is 0 Å². The smallest absolute Gasteiger partial charge is 0.352 e. The number of alkyl halides is 3. The second-order valence-corrected chi connectivity index (χ2v) is 5.55. The normalized spacial score (nSPS) is 11.5. The standard InChI is InChI=1S/C16H17F3N4O/c1-9(2)20-15-21-10(3)7-13(23-15)14(24)22-12-6-4-5-11(8-12)16(17,18)19/h4-9H,1-3H3,(H,22,24)(H,20,21,23). The van der Waals surface area contributed by atoms with Gasteiger partial charge in [-0.1, -0.05) is 6.07 Å². The van der Waals surface area contributed by atoms with Crippen molar-refractivity contribution in [2.75, 3.05) is 10.6 Å². The van der Waals surface area contributed by atoms with Crippen LogP contribution in [0.3, 0.4) is 0 Å². The van der Waals surface area contributed by atoms with E-state index in [1.54, 1.807) is 6.92 Å². The van der Waals surface area contributed by atoms with Gasteiger partial charge in [0.15, 0.2) is 0 Å². The van der Waals surface area contributed by atoms with Crippen LogP contribution in [-0.2, 0) is 6.18 Å². The SMILES string of the molecule is Cc1cc(C(=O)Nc2cccc(C(F)(F)F)c2)nc(NC(C)C)n1. The maximum atomic E-state index is 12.7. The number of hydrogen-bond acceptors (Lipinski definition) is 4. The second-order valence-electron chi connectivity index (χ2n) is 5.55. The van der Waals surface area contributed by atoms with Crippen LogP contribution in [-0.4, -0.2) is 21.9 Å². The van der Waals surface area contributed by atoms with Crippen molar-refractivity contribution in [3.8, 4) is 0 Å². The van der Waals surface area contributed by atoms with E-state index in [2.05, 4.69) is 20.6 Å². The lowest BCUT2D eigenvalue weighted by atomic mass is 10.2. The summed E-state index contributed by atoms with van der Waals surface area (Å²) in [5, 5.41) is 5.40. The highest BCUT2D eigenvalue weighted by molar-refractivity contribution is 6.03. The summed E-state index contributed by atoms with van der Waals surface area (Å²) in [5.41, 5.74) is -0.142. The Kier molecular flexibility index (Phi) is 5.06. The first-order chi connectivity index (χ1) is 11.1. The lowest BCUT2D eigenvalue weighted by Gasteiger charge is -2.12. The summed E-state index contributed by atoms with van der Waals surface area (Å²) in [5.74, 6) is -0.314. The number of aromatic nitrogens is 2. The number of rotatable bonds is 4. The number of carbonyl (C=O) groups excluding carboxylic acids is 1. The van der Waals surface area contributed by atoms with Crippen LogP contribution in [0, 0.1) is 6.92 Å². The number of hydrogen-bond donors (Lipinski definition) is 2. The molecular weight excluding hydrogens is 321 g/mol. The molecule has 8 heteroatoms. The molecule has 0 unspecified atom stereocenters. The summed E-state index contributed by atoms with van der Waals surface area (Å²) in [4.78, 5) is 20.5. The van der Waals surface area contributed by atoms with Crippen molar-refractivity contribution in [3.63, 3.8) is 0 Å². The zero-order valence-corrected chi connectivity index (χ0v) is 13.4. The Balaban J connectivity index is 2.22. The number of carbonyl (C=O) groups is 1. The molecule has 2 N–H and O–H groups in total. The molecule has 5 nitrogen and oxygen atoms in total. The van der Waals surface area contributed by atoms with E-state index in [4.69, 9.17) is 0 Å². The van der Waals surface area contributed by atoms with Crippen molar-refractivity contribution in [1.29, 1.82) is 0 Å². The predicted molar refractivity (Wildman–Crippen MR) is 84.9 cm³/mol. The van der Waals surface area contributed by atoms with Crippen LogP contribution in [0.25, 0.3) is 0 Å². The topological polar surface area (TPSA) is 66.9 Å². The van der Waals surface area contributed by atoms with E-state index in [0.29, 0.717) is 11.6 Å². The number of benzene rings is 1. The van der Waals surface area contributed by atoms with Gasteiger partial charge in [-0.3, -0.25) is 4.79 Å². The van der Waals surface area contributed by atoms with Crippen LogP contribution in [0.1, 0.15) is 35.6 Å². The Bertz CT molecular complexity index is 744. The van der Waals surface area contributed by atoms with E-state index in [1.807, 2.05) is 13.8 Å². The van der Waals surface area contributed by atoms with Gasteiger partial charge in [0.1, 0.15) is 5.69 Å². The van der Waals surface area contributed by atoms with Crippen molar-refractivity contribution in [2.24, 2.45) is 0 Å². The fourth-order valence-corrected chi connectivity index (χ4v) is 1.98. The summed E-state index contributed by atoms with van der Waals surface area (Å²) in [7, 11) is 0. The largest absolute Gasteiger partial charge is 0.416 e. The van der Waals surface area contributed by atoms with Crippen LogP contribution in [0.4, 0.5) is 24.8 Å². The van der Waals surface area contributed by atoms with Gasteiger partial charge in [0, 0.05) is 17.4 Å². The highest BCUT2D eigenvalue weighted by Gasteiger charge is 2.30. The zero-order chi connectivity index (χ0) is 17.9. The van der Waals surface area contributed by atoms with Crippen molar-refractivity contribution < 1.29 is 18.0 Å². The van der Waals surface area contributed by atoms with Gasteiger partial charge >= 0.3 is 6.18 Å². The van der Waals surface area contributed by atoms with Crippen molar-refractivity contribution in [1.82, 2.24) is 9.97 Å². The first kappa shape index (κ1) is 17.7. The zero-order valence-electron chi connectivity index (χ0n) is 13.4. The van der Waals surface area contributed by atoms with Gasteiger partial charge < -0.3 is 10.6 Å². The Morgan fingerprint density at radius 3 is 2.50 bits per heavy atom. The second kappa shape index (κ2) is 6.86. The molecule has 0 aliphatic heterocycles. The van der Waals surface area contributed by atoms with Crippen molar-refractivity contribution in [3.05, 3.63) is 47.3 Å². The Hall–Kier alpha value is -2.64. The van der Waals surface area contributed by atoms with E-state index in [-0.39, 0.29) is 17.4 Å². The lowest BCUT2D eigenvalue weighted by Crippen LogP contribution is -2.18. The van der Waals surface area contributed by atoms with Gasteiger partial charge in [0.2, 0.25) is 5.95 Å². The highest BCUT2D eigenvalue weighted by atomic mass is 19.4. The monoisotopic (exact) mass is 338 g/mol. The molecule has 1 aromatic heterocycles. The number of nitrogens with zero attached hydrogens (tertiary/aromatic N) is 2. The molecule has 0 aliphatic rings. The van der Waals surface area contributed by atoms with E-state index in [1.165, 1.54) is 18.2 Å². The maximum Gasteiger partial charge on any atom is 0.416 e. The van der Waals surface area contributed by atoms with Gasteiger partial charge in [0.25, 0.3) is 5.91 Å². The summed E-state index contributed by atoms with van der Waals surface area (Å²) in [6, 6.07) is 5.97. The quantitative estimate of drug-likeness (QED) is 0.888. The van der Waals surface area contributed by atoms with Gasteiger partial charge in [-0.05, 0) is 45.0 Å². The average molecular weight is 338 g/mol. The van der Waals surface area contributed by atoms with Gasteiger partial charge in [-0.25, -0.2) is 9.97 Å². The van der Waals surface area contributed by atoms with E-state index >= 15 is 0 Å². The number of aryl methyl sites for hydroxylation is 1. The molecule has 1 aromatic carbocycles. The summed E-state index contributed by atoms with van der Waals surface area (Å²) < 4.78 is 38.1. The fourth-order valence-electron chi connectivity index (χ4n) is 1.98. The molecule has 24 heavy (non-hydrogen) atoms. The first-order valence-corrected chi connectivity index (χ1v) is 7.26. The van der Waals surface area contributed by atoms with Crippen LogP contribution >= 0.6 is 0 Å². The molecule has 0 bridgehead atoms. The molecule has 0 spiro atoms. The lowest BCUT2D eigenvalue weighted by molar-refractivity contribution is -0.137. The van der Waals surface area contributed by atoms with Crippen LogP contribution in [0.5, 0.6) is 0 Å². The Morgan fingerprint density at radius 1 is 1.17 bits per heavy atom. The maximum absolute atomic E-state index is 12.7. The highest BCUT2D eigenvalue weighted by Crippen LogP contribution is 2.30. The minimum absolute atomic E-state index is 0.0458. The third-order valence-electron chi connectivity index (χ3n) is 2.95. The minimum atomic E-state index is -4.47. The molecule has 2 rings (SSSR count).